The summed E-state index contributed by atoms with van der Waals surface area (Å²) >= 11 is 0. The maximum atomic E-state index is 11.1. The van der Waals surface area contributed by atoms with E-state index in [1.54, 1.807) is 0 Å². The molecule has 1 fully saturated rings. The molecule has 0 spiro atoms. The third kappa shape index (κ3) is 7.75. The van der Waals surface area contributed by atoms with Crippen LogP contribution in [0.5, 0.6) is 0 Å². The molecule has 0 bridgehead atoms. The fraction of sp³-hybridized carbons (Fsp3) is 0.692. The Morgan fingerprint density at radius 1 is 1.15 bits per heavy atom. The van der Waals surface area contributed by atoms with Gasteiger partial charge in [-0.05, 0) is 13.8 Å². The zero-order valence-corrected chi connectivity index (χ0v) is 11.9. The summed E-state index contributed by atoms with van der Waals surface area (Å²) in [6.45, 7) is 6.09. The van der Waals surface area contributed by atoms with Crippen molar-refractivity contribution in [3.8, 4) is 0 Å². The number of hydrogen-bond acceptors (Lipinski definition) is 6. The summed E-state index contributed by atoms with van der Waals surface area (Å²) in [5, 5.41) is 17.8. The molecule has 1 aliphatic carbocycles. The van der Waals surface area contributed by atoms with Crippen molar-refractivity contribution in [2.75, 3.05) is 0 Å². The quantitative estimate of drug-likeness (QED) is 0.392. The third-order valence-electron chi connectivity index (χ3n) is 2.65. The van der Waals surface area contributed by atoms with Gasteiger partial charge in [-0.15, -0.1) is 0 Å². The Morgan fingerprint density at radius 3 is 1.85 bits per heavy atom. The van der Waals surface area contributed by atoms with Gasteiger partial charge in [-0.1, -0.05) is 32.3 Å². The number of carbonyl (C=O) groups excluding carboxylic acids is 2. The Morgan fingerprint density at radius 2 is 1.60 bits per heavy atom. The summed E-state index contributed by atoms with van der Waals surface area (Å²) in [6.07, 6.45) is 0.300. The molecule has 2 atom stereocenters. The van der Waals surface area contributed by atoms with E-state index in [4.69, 9.17) is 20.7 Å². The van der Waals surface area contributed by atoms with E-state index in [2.05, 4.69) is 11.3 Å². The van der Waals surface area contributed by atoms with Crippen LogP contribution in [-0.4, -0.2) is 40.8 Å². The molecule has 0 aromatic heterocycles. The first kappa shape index (κ1) is 18.4. The minimum atomic E-state index is -2.00. The van der Waals surface area contributed by atoms with Crippen LogP contribution < -0.4 is 5.73 Å². The van der Waals surface area contributed by atoms with Crippen molar-refractivity contribution in [3.05, 3.63) is 12.2 Å². The van der Waals surface area contributed by atoms with Crippen molar-refractivity contribution < 1.29 is 29.3 Å². The molecule has 116 valence electrons. The fourth-order valence-corrected chi connectivity index (χ4v) is 1.12. The molecule has 0 heterocycles. The normalized spacial score (nSPS) is 16.1. The molecule has 4 N–H and O–H groups in total. The van der Waals surface area contributed by atoms with Crippen LogP contribution >= 0.6 is 0 Å². The fourth-order valence-electron chi connectivity index (χ4n) is 1.12. The number of nitrogens with two attached hydrogens (primary N) is 1. The second kappa shape index (κ2) is 9.33. The van der Waals surface area contributed by atoms with Gasteiger partial charge in [0.05, 0.1) is 0 Å². The molecule has 1 aliphatic rings. The molecule has 0 aliphatic heterocycles. The van der Waals surface area contributed by atoms with Crippen LogP contribution in [0, 0.1) is 0 Å². The van der Waals surface area contributed by atoms with Crippen LogP contribution in [-0.2, 0) is 14.3 Å². The second-order valence-electron chi connectivity index (χ2n) is 4.62. The molecule has 20 heavy (non-hydrogen) atoms. The molecule has 0 aromatic rings. The predicted octanol–water partition coefficient (Wildman–Crippen LogP) is 0.829. The van der Waals surface area contributed by atoms with Gasteiger partial charge in [0.1, 0.15) is 6.10 Å². The van der Waals surface area contributed by atoms with Crippen molar-refractivity contribution in [2.24, 2.45) is 5.73 Å². The molecule has 1 saturated carbocycles. The molecular formula is C13H23NO6. The van der Waals surface area contributed by atoms with Crippen LogP contribution in [0.4, 0.5) is 4.79 Å². The topological polar surface area (TPSA) is 119 Å². The van der Waals surface area contributed by atoms with Gasteiger partial charge < -0.3 is 25.4 Å². The first-order valence-corrected chi connectivity index (χ1v) is 6.44. The smallest absolute Gasteiger partial charge is 0.405 e. The molecule has 0 radical (unpaired) electrons. The number of aliphatic hydroxyl groups excluding tert-OH is 1. The average Bonchev–Trinajstić information content (AvgIpc) is 2.22. The van der Waals surface area contributed by atoms with E-state index < -0.39 is 30.6 Å². The number of aliphatic hydroxyl groups is 2. The van der Waals surface area contributed by atoms with E-state index in [0.29, 0.717) is 0 Å². The summed E-state index contributed by atoms with van der Waals surface area (Å²) < 4.78 is 9.13. The lowest BCUT2D eigenvalue weighted by Crippen LogP contribution is -2.43. The standard InChI is InChI=1S/C9H15NO6.C4H8/c1-4(2)8(13)15-5(3)6(7(11)12)16-9(10)14;1-2-4-3-1/h5-7,11-12H,1H2,2-3H3,(H2,10,14);1-4H2. The lowest BCUT2D eigenvalue weighted by Gasteiger charge is -2.24. The Kier molecular flexibility index (Phi) is 8.58. The van der Waals surface area contributed by atoms with Crippen LogP contribution in [0.2, 0.25) is 0 Å². The number of esters is 1. The monoisotopic (exact) mass is 289 g/mol. The van der Waals surface area contributed by atoms with Crippen molar-refractivity contribution >= 4 is 12.1 Å². The minimum Gasteiger partial charge on any atom is -0.455 e. The molecular weight excluding hydrogens is 266 g/mol. The maximum Gasteiger partial charge on any atom is 0.405 e. The van der Waals surface area contributed by atoms with Crippen molar-refractivity contribution in [3.63, 3.8) is 0 Å². The summed E-state index contributed by atoms with van der Waals surface area (Å²) in [5.41, 5.74) is 4.85. The highest BCUT2D eigenvalue weighted by molar-refractivity contribution is 5.87. The number of ether oxygens (including phenoxy) is 2. The van der Waals surface area contributed by atoms with Gasteiger partial charge in [0, 0.05) is 5.57 Å². The zero-order valence-electron chi connectivity index (χ0n) is 11.9. The SMILES string of the molecule is C1CCC1.C=C(C)C(=O)OC(C)C(OC(N)=O)C(O)O. The van der Waals surface area contributed by atoms with Crippen LogP contribution in [0.15, 0.2) is 12.2 Å². The molecule has 7 nitrogen and oxygen atoms in total. The first-order chi connectivity index (χ1) is 9.25. The summed E-state index contributed by atoms with van der Waals surface area (Å²) in [6, 6.07) is 0. The number of amides is 1. The van der Waals surface area contributed by atoms with Crippen LogP contribution in [0.25, 0.3) is 0 Å². The Balaban J connectivity index is 0.000000760. The number of primary amides is 1. The highest BCUT2D eigenvalue weighted by atomic mass is 16.6. The van der Waals surface area contributed by atoms with E-state index in [-0.39, 0.29) is 5.57 Å². The van der Waals surface area contributed by atoms with E-state index in [1.807, 2.05) is 0 Å². The molecule has 7 heteroatoms. The summed E-state index contributed by atoms with van der Waals surface area (Å²) in [5.74, 6) is -0.730. The molecule has 0 saturated heterocycles. The molecule has 1 amide bonds. The first-order valence-electron chi connectivity index (χ1n) is 6.44. The van der Waals surface area contributed by atoms with E-state index in [1.165, 1.54) is 39.5 Å². The second-order valence-corrected chi connectivity index (χ2v) is 4.62. The van der Waals surface area contributed by atoms with Gasteiger partial charge in [-0.2, -0.15) is 0 Å². The van der Waals surface area contributed by atoms with Gasteiger partial charge >= 0.3 is 12.1 Å². The lowest BCUT2D eigenvalue weighted by atomic mass is 10.0. The highest BCUT2D eigenvalue weighted by Crippen LogP contribution is 2.15. The van der Waals surface area contributed by atoms with Crippen molar-refractivity contribution in [2.45, 2.75) is 58.0 Å². The summed E-state index contributed by atoms with van der Waals surface area (Å²) in [7, 11) is 0. The lowest BCUT2D eigenvalue weighted by molar-refractivity contribution is -0.175. The van der Waals surface area contributed by atoms with E-state index in [0.717, 1.165) is 0 Å². The van der Waals surface area contributed by atoms with Crippen molar-refractivity contribution in [1.82, 2.24) is 0 Å². The summed E-state index contributed by atoms with van der Waals surface area (Å²) in [4.78, 5) is 21.6. The van der Waals surface area contributed by atoms with Crippen molar-refractivity contribution in [1.29, 1.82) is 0 Å². The maximum absolute atomic E-state index is 11.1. The van der Waals surface area contributed by atoms with Gasteiger partial charge in [0.2, 0.25) is 0 Å². The molecule has 0 aromatic carbocycles. The van der Waals surface area contributed by atoms with Gasteiger partial charge in [0.25, 0.3) is 0 Å². The van der Waals surface area contributed by atoms with Gasteiger partial charge in [-0.3, -0.25) is 0 Å². The van der Waals surface area contributed by atoms with E-state index >= 15 is 0 Å². The van der Waals surface area contributed by atoms with Gasteiger partial charge in [-0.25, -0.2) is 9.59 Å². The highest BCUT2D eigenvalue weighted by Gasteiger charge is 2.30. The Hall–Kier alpha value is -1.60. The number of rotatable bonds is 5. The number of carbonyl (C=O) groups is 2. The number of hydrogen-bond donors (Lipinski definition) is 3. The molecule has 2 unspecified atom stereocenters. The largest absolute Gasteiger partial charge is 0.455 e. The van der Waals surface area contributed by atoms with E-state index in [9.17, 15) is 9.59 Å². The van der Waals surface area contributed by atoms with Gasteiger partial charge in [0.15, 0.2) is 12.4 Å². The van der Waals surface area contributed by atoms with Crippen LogP contribution in [0.1, 0.15) is 39.5 Å². The Labute approximate surface area is 118 Å². The zero-order chi connectivity index (χ0) is 15.7. The average molecular weight is 289 g/mol. The molecule has 1 rings (SSSR count). The van der Waals surface area contributed by atoms with Crippen LogP contribution in [0.3, 0.4) is 0 Å². The third-order valence-corrected chi connectivity index (χ3v) is 2.65. The Bertz CT molecular complexity index is 334. The predicted molar refractivity (Wildman–Crippen MR) is 71.5 cm³/mol. The minimum absolute atomic E-state index is 0.136.